The second-order valence-electron chi connectivity index (χ2n) is 5.11. The molecule has 0 bridgehead atoms. The van der Waals surface area contributed by atoms with E-state index in [9.17, 15) is 9.59 Å². The smallest absolute Gasteiger partial charge is 0.322 e. The van der Waals surface area contributed by atoms with Crippen LogP contribution >= 0.6 is 11.8 Å². The lowest BCUT2D eigenvalue weighted by molar-refractivity contribution is -0.139. The highest BCUT2D eigenvalue weighted by Crippen LogP contribution is 2.31. The predicted molar refractivity (Wildman–Crippen MR) is 73.0 cm³/mol. The minimum atomic E-state index is -0.487. The van der Waals surface area contributed by atoms with E-state index in [-0.39, 0.29) is 17.3 Å². The highest BCUT2D eigenvalue weighted by Gasteiger charge is 2.36. The van der Waals surface area contributed by atoms with E-state index in [1.165, 1.54) is 21.7 Å². The van der Waals surface area contributed by atoms with Crippen molar-refractivity contribution in [2.24, 2.45) is 10.5 Å². The van der Waals surface area contributed by atoms with Crippen molar-refractivity contribution in [3.63, 3.8) is 0 Å². The Balaban J connectivity index is 2.89. The summed E-state index contributed by atoms with van der Waals surface area (Å²) in [5.74, 6) is -0.0530. The molecular weight excluding hydrogens is 252 g/mol. The largest absolute Gasteiger partial charge is 0.341 e. The number of hydrazone groups is 1. The van der Waals surface area contributed by atoms with E-state index >= 15 is 0 Å². The molecule has 6 nitrogen and oxygen atoms in total. The minimum absolute atomic E-state index is 0.0530. The maximum absolute atomic E-state index is 12.2. The Hall–Kier alpha value is -1.24. The Bertz CT molecular complexity index is 389. The molecule has 0 aliphatic carbocycles. The van der Waals surface area contributed by atoms with Crippen LogP contribution in [-0.2, 0) is 4.79 Å². The van der Waals surface area contributed by atoms with Gasteiger partial charge in [-0.25, -0.2) is 9.80 Å². The van der Waals surface area contributed by atoms with E-state index in [0.717, 1.165) is 0 Å². The molecule has 102 valence electrons. The van der Waals surface area contributed by atoms with Crippen LogP contribution in [0, 0.1) is 5.41 Å². The number of nitrogens with zero attached hydrogens (tertiary/aromatic N) is 3. The van der Waals surface area contributed by atoms with Crippen molar-refractivity contribution in [1.82, 2.24) is 15.2 Å². The van der Waals surface area contributed by atoms with Crippen LogP contribution in [0.5, 0.6) is 0 Å². The van der Waals surface area contributed by atoms with Crippen molar-refractivity contribution < 1.29 is 9.59 Å². The summed E-state index contributed by atoms with van der Waals surface area (Å²) in [7, 11) is 3.18. The van der Waals surface area contributed by atoms with E-state index in [1.807, 2.05) is 27.7 Å². The third kappa shape index (κ3) is 2.95. The van der Waals surface area contributed by atoms with Crippen LogP contribution in [0.15, 0.2) is 5.10 Å². The van der Waals surface area contributed by atoms with Gasteiger partial charge in [0, 0.05) is 19.5 Å². The summed E-state index contributed by atoms with van der Waals surface area (Å²) >= 11 is 1.39. The van der Waals surface area contributed by atoms with Gasteiger partial charge >= 0.3 is 6.03 Å². The molecule has 1 N–H and O–H groups in total. The van der Waals surface area contributed by atoms with Gasteiger partial charge < -0.3 is 5.32 Å². The second-order valence-corrected chi connectivity index (χ2v) is 6.40. The molecule has 3 amide bonds. The second kappa shape index (κ2) is 5.17. The Morgan fingerprint density at radius 2 is 2.00 bits per heavy atom. The average molecular weight is 272 g/mol. The molecule has 18 heavy (non-hydrogen) atoms. The van der Waals surface area contributed by atoms with E-state index in [2.05, 4.69) is 10.4 Å². The molecule has 7 heteroatoms. The van der Waals surface area contributed by atoms with Gasteiger partial charge in [0.15, 0.2) is 5.17 Å². The van der Waals surface area contributed by atoms with Crippen molar-refractivity contribution >= 4 is 28.9 Å². The highest BCUT2D eigenvalue weighted by molar-refractivity contribution is 8.14. The molecule has 0 aromatic rings. The number of rotatable bonds is 0. The van der Waals surface area contributed by atoms with Crippen molar-refractivity contribution in [2.45, 2.75) is 33.1 Å². The quantitative estimate of drug-likeness (QED) is 0.726. The first kappa shape index (κ1) is 14.8. The Labute approximate surface area is 112 Å². The molecule has 1 aliphatic rings. The number of amides is 3. The van der Waals surface area contributed by atoms with Gasteiger partial charge in [0.2, 0.25) is 5.91 Å². The van der Waals surface area contributed by atoms with Crippen molar-refractivity contribution in [3.8, 4) is 0 Å². The Kier molecular flexibility index (Phi) is 4.26. The van der Waals surface area contributed by atoms with Crippen LogP contribution in [0.4, 0.5) is 4.79 Å². The van der Waals surface area contributed by atoms with Gasteiger partial charge in [-0.3, -0.25) is 9.69 Å². The molecule has 1 atom stereocenters. The fourth-order valence-electron chi connectivity index (χ4n) is 1.35. The number of urea groups is 1. The summed E-state index contributed by atoms with van der Waals surface area (Å²) in [4.78, 5) is 25.1. The van der Waals surface area contributed by atoms with Gasteiger partial charge in [-0.1, -0.05) is 32.5 Å². The number of nitrogens with one attached hydrogen (secondary N) is 1. The summed E-state index contributed by atoms with van der Waals surface area (Å²) in [6.07, 6.45) is 0. The number of hydrogen-bond donors (Lipinski definition) is 1. The zero-order valence-electron chi connectivity index (χ0n) is 11.6. The molecule has 0 aromatic carbocycles. The average Bonchev–Trinajstić information content (AvgIpc) is 2.66. The highest BCUT2D eigenvalue weighted by atomic mass is 32.2. The normalized spacial score (nSPS) is 19.6. The van der Waals surface area contributed by atoms with Gasteiger partial charge in [-0.05, 0) is 6.92 Å². The Morgan fingerprint density at radius 1 is 1.44 bits per heavy atom. The fraction of sp³-hybridized carbons (Fsp3) is 0.727. The molecule has 0 spiro atoms. The number of amidine groups is 1. The first-order valence-electron chi connectivity index (χ1n) is 5.73. The number of thioether (sulfide) groups is 1. The van der Waals surface area contributed by atoms with Crippen LogP contribution in [0.1, 0.15) is 27.7 Å². The third-order valence-electron chi connectivity index (χ3n) is 2.47. The molecule has 0 saturated carbocycles. The molecule has 1 rings (SSSR count). The van der Waals surface area contributed by atoms with Gasteiger partial charge in [-0.2, -0.15) is 0 Å². The lowest BCUT2D eigenvalue weighted by Crippen LogP contribution is -2.38. The zero-order valence-corrected chi connectivity index (χ0v) is 12.5. The molecule has 1 heterocycles. The fourth-order valence-corrected chi connectivity index (χ4v) is 2.28. The summed E-state index contributed by atoms with van der Waals surface area (Å²) in [6, 6.07) is -0.251. The molecule has 0 saturated heterocycles. The summed E-state index contributed by atoms with van der Waals surface area (Å²) in [5, 5.41) is 8.63. The number of carbonyl (C=O) groups is 2. The molecule has 0 fully saturated rings. The van der Waals surface area contributed by atoms with Crippen LogP contribution in [-0.4, -0.2) is 46.5 Å². The minimum Gasteiger partial charge on any atom is -0.341 e. The lowest BCUT2D eigenvalue weighted by atomic mass is 9.95. The molecule has 1 unspecified atom stereocenters. The van der Waals surface area contributed by atoms with Gasteiger partial charge in [0.25, 0.3) is 0 Å². The van der Waals surface area contributed by atoms with E-state index in [1.54, 1.807) is 14.1 Å². The summed E-state index contributed by atoms with van der Waals surface area (Å²) in [5.41, 5.74) is -0.487. The molecule has 0 aromatic heterocycles. The molecule has 1 aliphatic heterocycles. The third-order valence-corrected chi connectivity index (χ3v) is 3.58. The van der Waals surface area contributed by atoms with E-state index < -0.39 is 5.41 Å². The first-order chi connectivity index (χ1) is 8.18. The van der Waals surface area contributed by atoms with Crippen molar-refractivity contribution in [1.29, 1.82) is 0 Å². The van der Waals surface area contributed by atoms with Crippen LogP contribution in [0.2, 0.25) is 0 Å². The molecular formula is C11H20N4O2S. The first-order valence-corrected chi connectivity index (χ1v) is 6.60. The van der Waals surface area contributed by atoms with E-state index in [0.29, 0.717) is 5.17 Å². The maximum atomic E-state index is 12.2. The van der Waals surface area contributed by atoms with E-state index in [4.69, 9.17) is 0 Å². The van der Waals surface area contributed by atoms with Gasteiger partial charge in [0.05, 0.1) is 0 Å². The van der Waals surface area contributed by atoms with Crippen LogP contribution in [0.25, 0.3) is 0 Å². The predicted octanol–water partition coefficient (Wildman–Crippen LogP) is 1.50. The van der Waals surface area contributed by atoms with Crippen LogP contribution < -0.4 is 5.32 Å². The van der Waals surface area contributed by atoms with Gasteiger partial charge in [0.1, 0.15) is 5.37 Å². The van der Waals surface area contributed by atoms with Crippen LogP contribution in [0.3, 0.4) is 0 Å². The molecule has 0 radical (unpaired) electrons. The number of hydrogen-bond acceptors (Lipinski definition) is 4. The monoisotopic (exact) mass is 272 g/mol. The standard InChI is InChI=1S/C11H20N4O2S/c1-7-15(8(16)11(2,3)4)13-10(18-7)14(6)9(17)12-5/h7H,1-6H3,(H,12,17). The van der Waals surface area contributed by atoms with Crippen molar-refractivity contribution in [2.75, 3.05) is 14.1 Å². The summed E-state index contributed by atoms with van der Waals surface area (Å²) in [6.45, 7) is 7.44. The lowest BCUT2D eigenvalue weighted by Gasteiger charge is -2.25. The zero-order chi connectivity index (χ0) is 14.1. The Morgan fingerprint density at radius 3 is 2.44 bits per heavy atom. The summed E-state index contributed by atoms with van der Waals surface area (Å²) < 4.78 is 0. The SMILES string of the molecule is CNC(=O)N(C)C1=NN(C(=O)C(C)(C)C)C(C)S1. The van der Waals surface area contributed by atoms with Gasteiger partial charge in [-0.15, -0.1) is 5.10 Å². The van der Waals surface area contributed by atoms with Crippen molar-refractivity contribution in [3.05, 3.63) is 0 Å². The number of carbonyl (C=O) groups excluding carboxylic acids is 2. The maximum Gasteiger partial charge on any atom is 0.322 e. The topological polar surface area (TPSA) is 65.0 Å².